The number of hydrogen-bond acceptors (Lipinski definition) is 12. The molecule has 0 aromatic carbocycles. The number of hydrogen-bond donors (Lipinski definition) is 4. The third-order valence-electron chi connectivity index (χ3n) is 8.17. The first-order chi connectivity index (χ1) is 21.4. The van der Waals surface area contributed by atoms with Gasteiger partial charge in [-0.2, -0.15) is 0 Å². The Balaban J connectivity index is 1.43. The zero-order chi connectivity index (χ0) is 30.5. The molecule has 2 fully saturated rings. The lowest BCUT2D eigenvalue weighted by atomic mass is 9.67. The van der Waals surface area contributed by atoms with Crippen LogP contribution in [0.2, 0.25) is 0 Å². The van der Waals surface area contributed by atoms with E-state index in [4.69, 9.17) is 0 Å². The number of aliphatic hydroxyl groups is 2. The lowest BCUT2D eigenvalue weighted by Crippen LogP contribution is -2.48. The molecule has 230 valence electrons. The summed E-state index contributed by atoms with van der Waals surface area (Å²) >= 11 is 0. The van der Waals surface area contributed by atoms with Gasteiger partial charge in [0.25, 0.3) is 0 Å². The highest BCUT2D eigenvalue weighted by atomic mass is 19.1. The van der Waals surface area contributed by atoms with Crippen LogP contribution in [-0.4, -0.2) is 98.6 Å². The number of nitrogens with one attached hydrogen (secondary N) is 2. The molecule has 0 bridgehead atoms. The van der Waals surface area contributed by atoms with Crippen LogP contribution in [0, 0.1) is 11.6 Å². The molecule has 3 atom stereocenters. The molecule has 4 aromatic rings. The molecule has 6 heterocycles. The molecule has 2 saturated heterocycles. The molecule has 0 radical (unpaired) electrons. The highest BCUT2D eigenvalue weighted by Gasteiger charge is 2.51. The third-order valence-corrected chi connectivity index (χ3v) is 8.17. The van der Waals surface area contributed by atoms with Gasteiger partial charge in [-0.15, -0.1) is 0 Å². The van der Waals surface area contributed by atoms with Crippen molar-refractivity contribution in [1.82, 2.24) is 40.5 Å². The van der Waals surface area contributed by atoms with Gasteiger partial charge in [-0.25, -0.2) is 28.7 Å². The van der Waals surface area contributed by atoms with Crippen LogP contribution in [0.15, 0.2) is 61.4 Å². The molecule has 0 amide bonds. The molecular formula is C30H34F2N10O2. The van der Waals surface area contributed by atoms with Gasteiger partial charge < -0.3 is 30.6 Å². The largest absolute Gasteiger partial charge is 0.391 e. The van der Waals surface area contributed by atoms with Crippen LogP contribution < -0.4 is 20.4 Å². The van der Waals surface area contributed by atoms with Crippen LogP contribution in [0.5, 0.6) is 0 Å². The molecule has 0 spiro atoms. The maximum atomic E-state index is 14.1. The lowest BCUT2D eigenvalue weighted by molar-refractivity contribution is -0.0000793. The van der Waals surface area contributed by atoms with Gasteiger partial charge in [-0.05, 0) is 29.8 Å². The molecule has 6 rings (SSSR count). The molecule has 2 aliphatic rings. The Morgan fingerprint density at radius 1 is 0.682 bits per heavy atom. The molecule has 4 aromatic heterocycles. The molecule has 3 unspecified atom stereocenters. The Hall–Kier alpha value is -4.24. The Kier molecular flexibility index (Phi) is 8.93. The van der Waals surface area contributed by atoms with E-state index in [1.54, 1.807) is 12.4 Å². The number of anilines is 2. The van der Waals surface area contributed by atoms with Crippen molar-refractivity contribution in [2.45, 2.75) is 24.0 Å². The second-order valence-electron chi connectivity index (χ2n) is 10.9. The summed E-state index contributed by atoms with van der Waals surface area (Å²) in [6, 6.07) is 5.12. The first kappa shape index (κ1) is 29.8. The number of halogens is 2. The highest BCUT2D eigenvalue weighted by molar-refractivity contribution is 5.43. The minimum atomic E-state index is -1.75. The number of aromatic nitrogens is 6. The molecule has 0 aliphatic carbocycles. The molecule has 2 aliphatic heterocycles. The molecule has 4 N–H and O–H groups in total. The van der Waals surface area contributed by atoms with Gasteiger partial charge in [0.1, 0.15) is 17.7 Å². The number of piperazine rings is 2. The smallest absolute Gasteiger partial charge is 0.225 e. The van der Waals surface area contributed by atoms with Crippen LogP contribution in [0.3, 0.4) is 0 Å². The monoisotopic (exact) mass is 604 g/mol. The van der Waals surface area contributed by atoms with Crippen molar-refractivity contribution in [3.63, 3.8) is 0 Å². The number of rotatable bonds is 9. The van der Waals surface area contributed by atoms with E-state index in [0.717, 1.165) is 64.8 Å². The van der Waals surface area contributed by atoms with E-state index in [0.29, 0.717) is 23.0 Å². The standard InChI is InChI=1S/C30H34F2N10O2/c31-22-1-3-24(35-18-22)27(44)30(25-4-2-23(32)19-36-25,21-16-39-29(40-17-21)42-11-7-34-8-12-42)26(43)13-20-14-37-28(38-15-20)41-9-5-33-6-10-41/h1-4,14-19,26-27,33-34,43-44H,5-13H2. The Morgan fingerprint density at radius 3 is 1.70 bits per heavy atom. The summed E-state index contributed by atoms with van der Waals surface area (Å²) in [5.41, 5.74) is -0.604. The molecule has 14 heteroatoms. The normalized spacial score (nSPS) is 18.5. The summed E-state index contributed by atoms with van der Waals surface area (Å²) in [5.74, 6) is -0.0909. The maximum absolute atomic E-state index is 14.1. The van der Waals surface area contributed by atoms with Crippen molar-refractivity contribution in [3.8, 4) is 0 Å². The fourth-order valence-electron chi connectivity index (χ4n) is 5.82. The first-order valence-corrected chi connectivity index (χ1v) is 14.6. The molecular weight excluding hydrogens is 570 g/mol. The average Bonchev–Trinajstić information content (AvgIpc) is 3.07. The van der Waals surface area contributed by atoms with Gasteiger partial charge in [0, 0.05) is 89.1 Å². The SMILES string of the molecule is OC(Cc1cnc(N2CCNCC2)nc1)C(c1cnc(N2CCNCC2)nc1)(c1ccc(F)cn1)C(O)c1ccc(F)cn1. The van der Waals surface area contributed by atoms with E-state index in [9.17, 15) is 19.0 Å². The van der Waals surface area contributed by atoms with E-state index in [-0.39, 0.29) is 17.8 Å². The minimum Gasteiger partial charge on any atom is -0.391 e. The van der Waals surface area contributed by atoms with Gasteiger partial charge in [0.2, 0.25) is 11.9 Å². The molecule has 44 heavy (non-hydrogen) atoms. The zero-order valence-corrected chi connectivity index (χ0v) is 24.0. The van der Waals surface area contributed by atoms with Crippen LogP contribution in [0.4, 0.5) is 20.7 Å². The van der Waals surface area contributed by atoms with Crippen molar-refractivity contribution < 1.29 is 19.0 Å². The number of aliphatic hydroxyl groups excluding tert-OH is 2. The van der Waals surface area contributed by atoms with Crippen molar-refractivity contribution >= 4 is 11.9 Å². The molecule has 0 saturated carbocycles. The summed E-state index contributed by atoms with van der Waals surface area (Å²) < 4.78 is 28.0. The highest BCUT2D eigenvalue weighted by Crippen LogP contribution is 2.45. The predicted molar refractivity (Wildman–Crippen MR) is 158 cm³/mol. The fourth-order valence-corrected chi connectivity index (χ4v) is 5.82. The van der Waals surface area contributed by atoms with Crippen molar-refractivity contribution in [2.24, 2.45) is 0 Å². The van der Waals surface area contributed by atoms with E-state index in [1.807, 2.05) is 4.90 Å². The number of pyridine rings is 2. The lowest BCUT2D eigenvalue weighted by Gasteiger charge is -2.41. The van der Waals surface area contributed by atoms with Crippen molar-refractivity contribution in [1.29, 1.82) is 0 Å². The van der Waals surface area contributed by atoms with Gasteiger partial charge in [0.05, 0.1) is 35.3 Å². The average molecular weight is 605 g/mol. The van der Waals surface area contributed by atoms with Crippen LogP contribution in [-0.2, 0) is 11.8 Å². The van der Waals surface area contributed by atoms with E-state index < -0.39 is 29.3 Å². The van der Waals surface area contributed by atoms with Crippen molar-refractivity contribution in [2.75, 3.05) is 62.2 Å². The number of nitrogens with zero attached hydrogens (tertiary/aromatic N) is 8. The summed E-state index contributed by atoms with van der Waals surface area (Å²) in [6.45, 7) is 6.25. The quantitative estimate of drug-likeness (QED) is 0.214. The van der Waals surface area contributed by atoms with E-state index in [2.05, 4.69) is 45.4 Å². The van der Waals surface area contributed by atoms with Gasteiger partial charge >= 0.3 is 0 Å². The van der Waals surface area contributed by atoms with Crippen molar-refractivity contribution in [3.05, 3.63) is 95.6 Å². The second-order valence-corrected chi connectivity index (χ2v) is 10.9. The van der Waals surface area contributed by atoms with Gasteiger partial charge in [-0.1, -0.05) is 0 Å². The van der Waals surface area contributed by atoms with Crippen LogP contribution in [0.1, 0.15) is 28.6 Å². The van der Waals surface area contributed by atoms with E-state index >= 15 is 0 Å². The topological polar surface area (TPSA) is 148 Å². The minimum absolute atomic E-state index is 0.0152. The Morgan fingerprint density at radius 2 is 1.20 bits per heavy atom. The summed E-state index contributed by atoms with van der Waals surface area (Å²) in [4.78, 5) is 30.8. The van der Waals surface area contributed by atoms with Gasteiger partial charge in [-0.3, -0.25) is 9.97 Å². The van der Waals surface area contributed by atoms with Crippen LogP contribution >= 0.6 is 0 Å². The third kappa shape index (κ3) is 6.06. The van der Waals surface area contributed by atoms with Gasteiger partial charge in [0.15, 0.2) is 0 Å². The Labute approximate surface area is 253 Å². The fraction of sp³-hybridized carbons (Fsp3) is 0.400. The van der Waals surface area contributed by atoms with Crippen LogP contribution in [0.25, 0.3) is 0 Å². The summed E-state index contributed by atoms with van der Waals surface area (Å²) in [7, 11) is 0. The maximum Gasteiger partial charge on any atom is 0.225 e. The first-order valence-electron chi connectivity index (χ1n) is 14.6. The zero-order valence-electron chi connectivity index (χ0n) is 24.0. The summed E-state index contributed by atoms with van der Waals surface area (Å²) in [5, 5.41) is 30.8. The van der Waals surface area contributed by atoms with E-state index in [1.165, 1.54) is 36.7 Å². The second kappa shape index (κ2) is 13.2. The summed E-state index contributed by atoms with van der Waals surface area (Å²) in [6.07, 6.45) is 5.40. The molecule has 12 nitrogen and oxygen atoms in total. The Bertz CT molecular complexity index is 1500. The predicted octanol–water partition coefficient (Wildman–Crippen LogP) is 0.777.